The third-order valence-electron chi connectivity index (χ3n) is 6.99. The number of hydrogen-bond donors (Lipinski definition) is 2. The molecule has 6 nitrogen and oxygen atoms in total. The minimum absolute atomic E-state index is 0.102. The molecule has 6 heteroatoms. The third-order valence-corrected chi connectivity index (χ3v) is 6.99. The zero-order valence-electron chi connectivity index (χ0n) is 22.0. The molecule has 2 amide bonds. The first-order chi connectivity index (χ1) is 17.3. The van der Waals surface area contributed by atoms with Gasteiger partial charge in [0.1, 0.15) is 12.4 Å². The molecular formula is C30H42N3O3. The van der Waals surface area contributed by atoms with Gasteiger partial charge in [0.2, 0.25) is 11.8 Å². The van der Waals surface area contributed by atoms with Gasteiger partial charge in [-0.1, -0.05) is 51.1 Å². The third kappa shape index (κ3) is 8.89. The van der Waals surface area contributed by atoms with Crippen LogP contribution in [0.2, 0.25) is 0 Å². The monoisotopic (exact) mass is 492 g/mol. The highest BCUT2D eigenvalue weighted by molar-refractivity contribution is 5.86. The summed E-state index contributed by atoms with van der Waals surface area (Å²) in [6, 6.07) is 19.3. The smallest absolute Gasteiger partial charge is 0.224 e. The Bertz CT molecular complexity index is 938. The Hall–Kier alpha value is -3.02. The Labute approximate surface area is 216 Å². The van der Waals surface area contributed by atoms with Crippen molar-refractivity contribution in [3.63, 3.8) is 0 Å². The number of ether oxygens (including phenoxy) is 1. The van der Waals surface area contributed by atoms with Crippen molar-refractivity contribution in [2.75, 3.05) is 11.4 Å². The highest BCUT2D eigenvalue weighted by atomic mass is 16.5. The fourth-order valence-electron chi connectivity index (χ4n) is 4.59. The summed E-state index contributed by atoms with van der Waals surface area (Å²) in [5, 5.41) is 3.12. The van der Waals surface area contributed by atoms with E-state index in [0.717, 1.165) is 50.0 Å². The number of amides is 2. The van der Waals surface area contributed by atoms with E-state index in [1.807, 2.05) is 18.2 Å². The number of rotatable bonds is 13. The van der Waals surface area contributed by atoms with Crippen LogP contribution in [0.5, 0.6) is 5.75 Å². The van der Waals surface area contributed by atoms with Gasteiger partial charge in [0.05, 0.1) is 6.42 Å². The van der Waals surface area contributed by atoms with Crippen LogP contribution in [-0.2, 0) is 16.2 Å². The first kappa shape index (κ1) is 27.6. The van der Waals surface area contributed by atoms with Gasteiger partial charge in [0, 0.05) is 30.2 Å². The molecule has 0 spiro atoms. The molecular weight excluding hydrogens is 450 g/mol. The summed E-state index contributed by atoms with van der Waals surface area (Å²) in [5.74, 6) is 0.706. The summed E-state index contributed by atoms with van der Waals surface area (Å²) >= 11 is 0. The molecule has 1 aliphatic carbocycles. The average Bonchev–Trinajstić information content (AvgIpc) is 2.88. The van der Waals surface area contributed by atoms with Crippen LogP contribution in [0.3, 0.4) is 0 Å². The van der Waals surface area contributed by atoms with Crippen LogP contribution in [0.25, 0.3) is 0 Å². The van der Waals surface area contributed by atoms with E-state index in [0.29, 0.717) is 25.0 Å². The quantitative estimate of drug-likeness (QED) is 0.399. The lowest BCUT2D eigenvalue weighted by Crippen LogP contribution is -2.44. The lowest BCUT2D eigenvalue weighted by Gasteiger charge is -2.39. The molecule has 3 N–H and O–H groups in total. The number of hydrogen-bond acceptors (Lipinski definition) is 4. The molecule has 195 valence electrons. The summed E-state index contributed by atoms with van der Waals surface area (Å²) in [7, 11) is 0. The Morgan fingerprint density at radius 1 is 1.03 bits per heavy atom. The van der Waals surface area contributed by atoms with Gasteiger partial charge < -0.3 is 20.7 Å². The van der Waals surface area contributed by atoms with Crippen molar-refractivity contribution >= 4 is 17.5 Å². The van der Waals surface area contributed by atoms with E-state index in [4.69, 9.17) is 10.5 Å². The number of carbonyl (C=O) groups excluding carboxylic acids is 2. The van der Waals surface area contributed by atoms with E-state index < -0.39 is 0 Å². The summed E-state index contributed by atoms with van der Waals surface area (Å²) in [5.41, 5.74) is 7.67. The van der Waals surface area contributed by atoms with Crippen molar-refractivity contribution < 1.29 is 14.3 Å². The van der Waals surface area contributed by atoms with Crippen LogP contribution >= 0.6 is 0 Å². The standard InChI is InChI=1S/C30H42N3O3/c1-22(2)19-20-33(27-14-16-28(17-15-27)36-21-24-7-5-4-6-8-24)26-12-10-25(11-13-26)32-29(34)18-9-23(3)30(31)35/h4-8,14-18,22-23,25-26H,9-13,19-21H2,1-3H3,(H2,31,35)(H,32,34). The molecule has 0 aromatic heterocycles. The second-order valence-electron chi connectivity index (χ2n) is 10.4. The number of anilines is 1. The molecule has 36 heavy (non-hydrogen) atoms. The maximum absolute atomic E-state index is 12.3. The first-order valence-electron chi connectivity index (χ1n) is 13.3. The number of benzene rings is 2. The number of nitrogens with two attached hydrogens (primary N) is 1. The van der Waals surface area contributed by atoms with E-state index >= 15 is 0 Å². The fraction of sp³-hybridized carbons (Fsp3) is 0.500. The van der Waals surface area contributed by atoms with Gasteiger partial charge in [0.15, 0.2) is 0 Å². The van der Waals surface area contributed by atoms with Crippen LogP contribution < -0.4 is 20.7 Å². The molecule has 3 rings (SSSR count). The molecule has 1 radical (unpaired) electrons. The molecule has 1 fully saturated rings. The molecule has 0 aliphatic heterocycles. The SMILES string of the molecule is CC(C)CCN(c1ccc(OCc2ccccc2)cc1)C1CCC(NC(=O)[CH]CC(C)C(N)=O)CC1. The highest BCUT2D eigenvalue weighted by Crippen LogP contribution is 2.30. The van der Waals surface area contributed by atoms with E-state index in [9.17, 15) is 9.59 Å². The molecule has 2 aromatic carbocycles. The number of primary amides is 1. The van der Waals surface area contributed by atoms with Crippen molar-refractivity contribution in [1.29, 1.82) is 0 Å². The van der Waals surface area contributed by atoms with E-state index in [-0.39, 0.29) is 23.8 Å². The summed E-state index contributed by atoms with van der Waals surface area (Å²) in [4.78, 5) is 26.0. The van der Waals surface area contributed by atoms with Crippen molar-refractivity contribution in [3.05, 3.63) is 66.6 Å². The Morgan fingerprint density at radius 2 is 1.69 bits per heavy atom. The molecule has 1 atom stereocenters. The summed E-state index contributed by atoms with van der Waals surface area (Å²) < 4.78 is 5.98. The fourth-order valence-corrected chi connectivity index (χ4v) is 4.59. The Kier molecular flexibility index (Phi) is 10.6. The Balaban J connectivity index is 1.53. The zero-order chi connectivity index (χ0) is 25.9. The molecule has 0 bridgehead atoms. The largest absolute Gasteiger partial charge is 0.489 e. The Morgan fingerprint density at radius 3 is 2.31 bits per heavy atom. The molecule has 1 unspecified atom stereocenters. The predicted molar refractivity (Wildman–Crippen MR) is 145 cm³/mol. The molecule has 1 aliphatic rings. The molecule has 0 saturated heterocycles. The van der Waals surface area contributed by atoms with Gasteiger partial charge in [-0.05, 0) is 74.3 Å². The van der Waals surface area contributed by atoms with E-state index in [1.165, 1.54) is 5.69 Å². The van der Waals surface area contributed by atoms with Crippen LogP contribution in [-0.4, -0.2) is 30.4 Å². The van der Waals surface area contributed by atoms with Crippen LogP contribution in [0.1, 0.15) is 64.9 Å². The van der Waals surface area contributed by atoms with Gasteiger partial charge in [0.25, 0.3) is 0 Å². The summed E-state index contributed by atoms with van der Waals surface area (Å²) in [6.07, 6.45) is 7.04. The molecule has 2 aromatic rings. The van der Waals surface area contributed by atoms with Crippen molar-refractivity contribution in [2.45, 2.75) is 78.0 Å². The lowest BCUT2D eigenvalue weighted by molar-refractivity contribution is -0.121. The van der Waals surface area contributed by atoms with E-state index in [2.05, 4.69) is 60.5 Å². The average molecular weight is 493 g/mol. The molecule has 1 saturated carbocycles. The number of carbonyl (C=O) groups is 2. The number of nitrogens with one attached hydrogen (secondary N) is 1. The zero-order valence-corrected chi connectivity index (χ0v) is 22.0. The van der Waals surface area contributed by atoms with Crippen LogP contribution in [0.4, 0.5) is 5.69 Å². The topological polar surface area (TPSA) is 84.7 Å². The van der Waals surface area contributed by atoms with Crippen LogP contribution in [0, 0.1) is 18.3 Å². The maximum Gasteiger partial charge on any atom is 0.224 e. The normalized spacial score (nSPS) is 18.4. The van der Waals surface area contributed by atoms with Gasteiger partial charge >= 0.3 is 0 Å². The number of nitrogens with zero attached hydrogens (tertiary/aromatic N) is 1. The second kappa shape index (κ2) is 13.9. The second-order valence-corrected chi connectivity index (χ2v) is 10.4. The van der Waals surface area contributed by atoms with Gasteiger partial charge in [-0.15, -0.1) is 0 Å². The summed E-state index contributed by atoms with van der Waals surface area (Å²) in [6.45, 7) is 7.85. The minimum atomic E-state index is -0.378. The lowest BCUT2D eigenvalue weighted by atomic mass is 9.89. The highest BCUT2D eigenvalue weighted by Gasteiger charge is 2.27. The van der Waals surface area contributed by atoms with Gasteiger partial charge in [-0.25, -0.2) is 0 Å². The molecule has 0 heterocycles. The van der Waals surface area contributed by atoms with Crippen molar-refractivity contribution in [3.8, 4) is 5.75 Å². The van der Waals surface area contributed by atoms with Gasteiger partial charge in [-0.3, -0.25) is 9.59 Å². The first-order valence-corrected chi connectivity index (χ1v) is 13.3. The van der Waals surface area contributed by atoms with Gasteiger partial charge in [-0.2, -0.15) is 0 Å². The van der Waals surface area contributed by atoms with Crippen molar-refractivity contribution in [1.82, 2.24) is 5.32 Å². The van der Waals surface area contributed by atoms with E-state index in [1.54, 1.807) is 13.3 Å². The predicted octanol–water partition coefficient (Wildman–Crippen LogP) is 5.26. The minimum Gasteiger partial charge on any atom is -0.489 e. The maximum atomic E-state index is 12.3. The van der Waals surface area contributed by atoms with Crippen LogP contribution in [0.15, 0.2) is 54.6 Å². The van der Waals surface area contributed by atoms with Crippen molar-refractivity contribution in [2.24, 2.45) is 17.6 Å².